The Morgan fingerprint density at radius 2 is 1.18 bits per heavy atom. The van der Waals surface area contributed by atoms with E-state index in [1.54, 1.807) is 14.2 Å². The van der Waals surface area contributed by atoms with E-state index in [-0.39, 0.29) is 0 Å². The molecule has 1 aliphatic carbocycles. The lowest BCUT2D eigenvalue weighted by molar-refractivity contribution is 0.197. The van der Waals surface area contributed by atoms with Crippen molar-refractivity contribution in [2.75, 3.05) is 14.2 Å². The van der Waals surface area contributed by atoms with Crippen molar-refractivity contribution in [2.45, 2.75) is 50.9 Å². The zero-order valence-corrected chi connectivity index (χ0v) is 17.5. The number of ether oxygens (including phenoxy) is 2. The summed E-state index contributed by atoms with van der Waals surface area (Å²) in [5.74, 6) is 1.71. The van der Waals surface area contributed by atoms with Gasteiger partial charge in [0.1, 0.15) is 11.5 Å². The molecule has 0 bridgehead atoms. The lowest BCUT2D eigenvalue weighted by Gasteiger charge is -2.26. The summed E-state index contributed by atoms with van der Waals surface area (Å²) in [5.41, 5.74) is 2.36. The summed E-state index contributed by atoms with van der Waals surface area (Å²) < 4.78 is 28.4. The van der Waals surface area contributed by atoms with Gasteiger partial charge in [-0.1, -0.05) is 46.4 Å². The van der Waals surface area contributed by atoms with Crippen LogP contribution in [-0.4, -0.2) is 35.6 Å². The molecule has 1 saturated carbocycles. The third-order valence-corrected chi connectivity index (χ3v) is 7.66. The van der Waals surface area contributed by atoms with Crippen LogP contribution in [0.1, 0.15) is 36.8 Å². The van der Waals surface area contributed by atoms with Crippen LogP contribution in [0.4, 0.5) is 0 Å². The minimum Gasteiger partial charge on any atom is -0.497 e. The van der Waals surface area contributed by atoms with Crippen molar-refractivity contribution >= 4 is 8.10 Å². The standard InChI is InChI=1S/C22H28N2O3P/c1-26-19-11-7-17(8-12-19)15-23-21-5-3-4-6-22(21)24(28(23)25)16-18-9-13-20(27-2)14-10-18/h7-14,21-22H,3-6,15-16H2,1-2H3/q+1. The summed E-state index contributed by atoms with van der Waals surface area (Å²) in [6, 6.07) is 17.0. The lowest BCUT2D eigenvalue weighted by Crippen LogP contribution is -2.39. The Bertz CT molecular complexity index is 742. The van der Waals surface area contributed by atoms with Crippen molar-refractivity contribution in [3.63, 3.8) is 0 Å². The van der Waals surface area contributed by atoms with Gasteiger partial charge in [0.25, 0.3) is 0 Å². The minimum atomic E-state index is -1.56. The predicted molar refractivity (Wildman–Crippen MR) is 111 cm³/mol. The van der Waals surface area contributed by atoms with Gasteiger partial charge < -0.3 is 9.47 Å². The van der Waals surface area contributed by atoms with E-state index in [4.69, 9.17) is 9.47 Å². The Morgan fingerprint density at radius 1 is 0.786 bits per heavy atom. The van der Waals surface area contributed by atoms with E-state index in [1.165, 1.54) is 24.0 Å². The fourth-order valence-electron chi connectivity index (χ4n) is 4.38. The summed E-state index contributed by atoms with van der Waals surface area (Å²) >= 11 is 0. The van der Waals surface area contributed by atoms with Gasteiger partial charge in [-0.15, -0.1) is 0 Å². The molecule has 2 aromatic rings. The fraction of sp³-hybridized carbons (Fsp3) is 0.455. The number of benzene rings is 2. The predicted octanol–water partition coefficient (Wildman–Crippen LogP) is 4.99. The molecule has 0 radical (unpaired) electrons. The average Bonchev–Trinajstić information content (AvgIpc) is 3.01. The molecule has 148 valence electrons. The topological polar surface area (TPSA) is 42.0 Å². The first-order chi connectivity index (χ1) is 13.7. The van der Waals surface area contributed by atoms with Crippen LogP contribution in [-0.2, 0) is 17.7 Å². The van der Waals surface area contributed by atoms with Crippen molar-refractivity contribution in [3.8, 4) is 11.5 Å². The Morgan fingerprint density at radius 3 is 1.54 bits per heavy atom. The molecule has 0 aromatic heterocycles. The van der Waals surface area contributed by atoms with Crippen LogP contribution < -0.4 is 9.47 Å². The molecule has 1 saturated heterocycles. The molecule has 1 heterocycles. The number of fused-ring (bicyclic) bond motifs is 1. The van der Waals surface area contributed by atoms with Gasteiger partial charge in [-0.05, 0) is 52.8 Å². The van der Waals surface area contributed by atoms with Gasteiger partial charge in [0, 0.05) is 0 Å². The fourth-order valence-corrected chi connectivity index (χ4v) is 6.29. The third kappa shape index (κ3) is 3.93. The monoisotopic (exact) mass is 399 g/mol. The zero-order valence-electron chi connectivity index (χ0n) is 16.6. The Hall–Kier alpha value is -1.94. The second-order valence-electron chi connectivity index (χ2n) is 7.56. The van der Waals surface area contributed by atoms with Crippen LogP contribution in [0.25, 0.3) is 0 Å². The number of rotatable bonds is 6. The lowest BCUT2D eigenvalue weighted by atomic mass is 9.90. The number of hydrogen-bond acceptors (Lipinski definition) is 3. The molecule has 28 heavy (non-hydrogen) atoms. The van der Waals surface area contributed by atoms with E-state index < -0.39 is 8.10 Å². The van der Waals surface area contributed by atoms with Gasteiger partial charge in [-0.2, -0.15) is 0 Å². The molecule has 2 aromatic carbocycles. The van der Waals surface area contributed by atoms with E-state index in [9.17, 15) is 4.57 Å². The maximum Gasteiger partial charge on any atom is 0.538 e. The summed E-state index contributed by atoms with van der Waals surface area (Å²) in [5, 5.41) is 0. The molecule has 4 rings (SSSR count). The minimum absolute atomic E-state index is 0.373. The highest BCUT2D eigenvalue weighted by atomic mass is 31.1. The molecule has 6 heteroatoms. The summed E-state index contributed by atoms with van der Waals surface area (Å²) in [6.45, 7) is 1.44. The first-order valence-corrected chi connectivity index (χ1v) is 11.1. The van der Waals surface area contributed by atoms with Crippen LogP contribution in [0.5, 0.6) is 11.5 Å². The second-order valence-corrected chi connectivity index (χ2v) is 9.10. The van der Waals surface area contributed by atoms with Crippen molar-refractivity contribution in [1.82, 2.24) is 9.34 Å². The molecule has 0 N–H and O–H groups in total. The number of methoxy groups -OCH3 is 2. The molecule has 0 spiro atoms. The molecule has 2 atom stereocenters. The second kappa shape index (κ2) is 8.60. The highest BCUT2D eigenvalue weighted by Gasteiger charge is 2.57. The molecular weight excluding hydrogens is 371 g/mol. The maximum absolute atomic E-state index is 13.5. The van der Waals surface area contributed by atoms with Gasteiger partial charge in [0.15, 0.2) is 0 Å². The highest BCUT2D eigenvalue weighted by molar-refractivity contribution is 7.39. The maximum atomic E-state index is 13.5. The zero-order chi connectivity index (χ0) is 19.5. The highest BCUT2D eigenvalue weighted by Crippen LogP contribution is 2.51. The SMILES string of the molecule is COc1ccc(CN2C3CCCCC3N(Cc3ccc(OC)cc3)[P+]2=O)cc1. The largest absolute Gasteiger partial charge is 0.538 e. The van der Waals surface area contributed by atoms with Gasteiger partial charge >= 0.3 is 8.10 Å². The molecule has 1 aliphatic heterocycles. The van der Waals surface area contributed by atoms with Crippen molar-refractivity contribution in [3.05, 3.63) is 59.7 Å². The molecular formula is C22H28N2O3P+. The normalized spacial score (nSPS) is 24.1. The average molecular weight is 399 g/mol. The molecule has 5 nitrogen and oxygen atoms in total. The van der Waals surface area contributed by atoms with Gasteiger partial charge in [-0.3, -0.25) is 0 Å². The van der Waals surface area contributed by atoms with E-state index in [0.29, 0.717) is 12.1 Å². The van der Waals surface area contributed by atoms with Crippen molar-refractivity contribution in [2.24, 2.45) is 0 Å². The first-order valence-electron chi connectivity index (χ1n) is 9.96. The Labute approximate surface area is 168 Å². The van der Waals surface area contributed by atoms with Crippen LogP contribution in [0.3, 0.4) is 0 Å². The Balaban J connectivity index is 1.52. The first kappa shape index (κ1) is 19.4. The molecule has 2 fully saturated rings. The molecule has 2 unspecified atom stereocenters. The quantitative estimate of drug-likeness (QED) is 0.640. The Kier molecular flexibility index (Phi) is 5.96. The van der Waals surface area contributed by atoms with Crippen LogP contribution in [0, 0.1) is 0 Å². The summed E-state index contributed by atoms with van der Waals surface area (Å²) in [6.07, 6.45) is 4.70. The molecule has 0 amide bonds. The van der Waals surface area contributed by atoms with Crippen LogP contribution >= 0.6 is 8.10 Å². The van der Waals surface area contributed by atoms with E-state index in [0.717, 1.165) is 37.4 Å². The summed E-state index contributed by atoms with van der Waals surface area (Å²) in [7, 11) is 1.80. The van der Waals surface area contributed by atoms with E-state index in [1.807, 2.05) is 24.3 Å². The van der Waals surface area contributed by atoms with Crippen molar-refractivity contribution in [1.29, 1.82) is 0 Å². The van der Waals surface area contributed by atoms with Crippen molar-refractivity contribution < 1.29 is 14.0 Å². The number of nitrogens with zero attached hydrogens (tertiary/aromatic N) is 2. The molecule has 2 aliphatic rings. The van der Waals surface area contributed by atoms with E-state index in [2.05, 4.69) is 33.6 Å². The third-order valence-electron chi connectivity index (χ3n) is 5.91. The number of hydrogen-bond donors (Lipinski definition) is 0. The summed E-state index contributed by atoms with van der Waals surface area (Å²) in [4.78, 5) is 0. The van der Waals surface area contributed by atoms with Crippen LogP contribution in [0.15, 0.2) is 48.5 Å². The van der Waals surface area contributed by atoms with E-state index >= 15 is 0 Å². The van der Waals surface area contributed by atoms with Crippen LogP contribution in [0.2, 0.25) is 0 Å². The smallest absolute Gasteiger partial charge is 0.497 e. The van der Waals surface area contributed by atoms with Gasteiger partial charge in [0.05, 0.1) is 39.4 Å². The van der Waals surface area contributed by atoms with Gasteiger partial charge in [-0.25, -0.2) is 0 Å². The van der Waals surface area contributed by atoms with Gasteiger partial charge in [0.2, 0.25) is 0 Å².